The third kappa shape index (κ3) is 5.67. The van der Waals surface area contributed by atoms with E-state index in [2.05, 4.69) is 4.74 Å². The van der Waals surface area contributed by atoms with Crippen LogP contribution in [-0.2, 0) is 25.6 Å². The lowest BCUT2D eigenvalue weighted by atomic mass is 10.0. The number of rotatable bonds is 6. The Kier molecular flexibility index (Phi) is 6.69. The Morgan fingerprint density at radius 1 is 1.24 bits per heavy atom. The van der Waals surface area contributed by atoms with Gasteiger partial charge in [0.05, 0.1) is 13.2 Å². The highest BCUT2D eigenvalue weighted by atomic mass is 19.3. The Morgan fingerprint density at radius 3 is 2.60 bits per heavy atom. The molecule has 1 aliphatic rings. The second-order valence-electron chi connectivity index (χ2n) is 5.62. The van der Waals surface area contributed by atoms with E-state index in [1.54, 1.807) is 31.2 Å². The Labute approximate surface area is 144 Å². The number of likely N-dealkylation sites (tertiary alicyclic amines) is 1. The van der Waals surface area contributed by atoms with Gasteiger partial charge in [0.15, 0.2) is 0 Å². The lowest BCUT2D eigenvalue weighted by molar-refractivity contribution is -0.181. The van der Waals surface area contributed by atoms with Gasteiger partial charge in [-0.2, -0.15) is 0 Å². The Balaban J connectivity index is 1.82. The minimum absolute atomic E-state index is 0.0184. The van der Waals surface area contributed by atoms with Crippen LogP contribution in [0.3, 0.4) is 0 Å². The minimum atomic E-state index is -3.27. The minimum Gasteiger partial charge on any atom is -0.464 e. The lowest BCUT2D eigenvalue weighted by Gasteiger charge is -2.37. The maximum atomic E-state index is 14.2. The van der Waals surface area contributed by atoms with Crippen molar-refractivity contribution >= 4 is 12.1 Å². The number of esters is 1. The van der Waals surface area contributed by atoms with Crippen LogP contribution < -0.4 is 0 Å². The first-order valence-corrected chi connectivity index (χ1v) is 8.03. The number of hydrogen-bond acceptors (Lipinski definition) is 5. The largest absolute Gasteiger partial charge is 0.464 e. The van der Waals surface area contributed by atoms with E-state index >= 15 is 0 Å². The van der Waals surface area contributed by atoms with Crippen LogP contribution >= 0.6 is 0 Å². The van der Waals surface area contributed by atoms with Crippen LogP contribution in [0.5, 0.6) is 0 Å². The molecule has 1 aliphatic heterocycles. The van der Waals surface area contributed by atoms with E-state index < -0.39 is 37.2 Å². The monoisotopic (exact) mass is 357 g/mol. The second kappa shape index (κ2) is 8.75. The summed E-state index contributed by atoms with van der Waals surface area (Å²) in [5.41, 5.74) is 0.773. The van der Waals surface area contributed by atoms with Crippen molar-refractivity contribution in [2.45, 2.75) is 32.0 Å². The van der Waals surface area contributed by atoms with Crippen LogP contribution in [0, 0.1) is 0 Å². The second-order valence-corrected chi connectivity index (χ2v) is 5.62. The average molecular weight is 357 g/mol. The third-order valence-corrected chi connectivity index (χ3v) is 3.70. The van der Waals surface area contributed by atoms with Gasteiger partial charge in [-0.25, -0.2) is 18.4 Å². The summed E-state index contributed by atoms with van der Waals surface area (Å²) >= 11 is 0. The molecular formula is C17H21F2NO5. The van der Waals surface area contributed by atoms with Crippen molar-refractivity contribution in [3.63, 3.8) is 0 Å². The van der Waals surface area contributed by atoms with Crippen LogP contribution in [-0.4, -0.2) is 55.3 Å². The molecule has 138 valence electrons. The summed E-state index contributed by atoms with van der Waals surface area (Å²) < 4.78 is 43.0. The molecule has 1 aromatic rings. The molecule has 2 rings (SSSR count). The maximum absolute atomic E-state index is 14.2. The smallest absolute Gasteiger partial charge is 0.410 e. The summed E-state index contributed by atoms with van der Waals surface area (Å²) in [4.78, 5) is 24.1. The van der Waals surface area contributed by atoms with Gasteiger partial charge in [0.25, 0.3) is 5.92 Å². The predicted octanol–water partition coefficient (Wildman–Crippen LogP) is 2.61. The van der Waals surface area contributed by atoms with Crippen molar-refractivity contribution in [1.29, 1.82) is 0 Å². The average Bonchev–Trinajstić information content (AvgIpc) is 2.59. The molecule has 1 unspecified atom stereocenters. The van der Waals surface area contributed by atoms with Gasteiger partial charge in [0.1, 0.15) is 19.3 Å². The number of benzene rings is 1. The van der Waals surface area contributed by atoms with Gasteiger partial charge in [-0.1, -0.05) is 30.3 Å². The van der Waals surface area contributed by atoms with Crippen molar-refractivity contribution in [1.82, 2.24) is 4.90 Å². The lowest BCUT2D eigenvalue weighted by Crippen LogP contribution is -2.54. The van der Waals surface area contributed by atoms with E-state index in [9.17, 15) is 18.4 Å². The van der Waals surface area contributed by atoms with Crippen LogP contribution in [0.4, 0.5) is 13.6 Å². The number of alkyl halides is 2. The number of amides is 1. The molecule has 0 bridgehead atoms. The number of hydrogen-bond donors (Lipinski definition) is 0. The number of halogens is 2. The zero-order valence-corrected chi connectivity index (χ0v) is 14.0. The molecule has 6 nitrogen and oxygen atoms in total. The highest BCUT2D eigenvalue weighted by molar-refractivity contribution is 5.70. The van der Waals surface area contributed by atoms with Gasteiger partial charge in [-0.05, 0) is 18.9 Å². The van der Waals surface area contributed by atoms with Crippen LogP contribution in [0.2, 0.25) is 0 Å². The summed E-state index contributed by atoms with van der Waals surface area (Å²) in [5, 5.41) is 0. The van der Waals surface area contributed by atoms with E-state index in [1.165, 1.54) is 0 Å². The molecule has 0 aliphatic carbocycles. The van der Waals surface area contributed by atoms with E-state index in [4.69, 9.17) is 9.47 Å². The van der Waals surface area contributed by atoms with E-state index in [0.29, 0.717) is 0 Å². The fourth-order valence-electron chi connectivity index (χ4n) is 2.46. The first-order valence-electron chi connectivity index (χ1n) is 8.03. The molecule has 1 atom stereocenters. The first kappa shape index (κ1) is 19.1. The third-order valence-electron chi connectivity index (χ3n) is 3.70. The van der Waals surface area contributed by atoms with Gasteiger partial charge in [0, 0.05) is 6.54 Å². The highest BCUT2D eigenvalue weighted by Crippen LogP contribution is 2.30. The van der Waals surface area contributed by atoms with Crippen LogP contribution in [0.25, 0.3) is 0 Å². The number of carbonyl (C=O) groups excluding carboxylic acids is 2. The molecule has 0 saturated carbocycles. The zero-order valence-electron chi connectivity index (χ0n) is 14.0. The van der Waals surface area contributed by atoms with Crippen LogP contribution in [0.15, 0.2) is 30.3 Å². The molecule has 0 spiro atoms. The molecule has 8 heteroatoms. The standard InChI is InChI=1S/C17H21F2NO5/c1-2-23-15(21)11-24-14-8-9-20(12-17(14,18)19)16(22)25-10-13-6-4-3-5-7-13/h3-7,14H,2,8-12H2,1H3. The molecule has 25 heavy (non-hydrogen) atoms. The van der Waals surface area contributed by atoms with Crippen molar-refractivity contribution in [2.75, 3.05) is 26.3 Å². The summed E-state index contributed by atoms with van der Waals surface area (Å²) in [6.45, 7) is 0.512. The van der Waals surface area contributed by atoms with Crippen molar-refractivity contribution in [2.24, 2.45) is 0 Å². The molecule has 1 saturated heterocycles. The molecule has 1 aromatic carbocycles. The molecule has 1 amide bonds. The van der Waals surface area contributed by atoms with E-state index in [-0.39, 0.29) is 26.2 Å². The normalized spacial score (nSPS) is 19.3. The first-order chi connectivity index (χ1) is 11.9. The molecule has 0 radical (unpaired) electrons. The predicted molar refractivity (Wildman–Crippen MR) is 84.1 cm³/mol. The number of piperidine rings is 1. The summed E-state index contributed by atoms with van der Waals surface area (Å²) in [7, 11) is 0. The summed E-state index contributed by atoms with van der Waals surface area (Å²) in [6.07, 6.45) is -2.32. The van der Waals surface area contributed by atoms with Gasteiger partial charge >= 0.3 is 12.1 Å². The van der Waals surface area contributed by atoms with E-state index in [0.717, 1.165) is 10.5 Å². The van der Waals surface area contributed by atoms with Gasteiger partial charge in [-0.3, -0.25) is 0 Å². The van der Waals surface area contributed by atoms with Crippen molar-refractivity contribution < 1.29 is 32.6 Å². The number of ether oxygens (including phenoxy) is 3. The quantitative estimate of drug-likeness (QED) is 0.733. The van der Waals surface area contributed by atoms with Gasteiger partial charge in [0.2, 0.25) is 0 Å². The Hall–Kier alpha value is -2.22. The van der Waals surface area contributed by atoms with Gasteiger partial charge < -0.3 is 19.1 Å². The molecular weight excluding hydrogens is 336 g/mol. The Bertz CT molecular complexity index is 582. The van der Waals surface area contributed by atoms with Crippen molar-refractivity contribution in [3.05, 3.63) is 35.9 Å². The van der Waals surface area contributed by atoms with Gasteiger partial charge in [-0.15, -0.1) is 0 Å². The Morgan fingerprint density at radius 2 is 1.96 bits per heavy atom. The molecule has 0 aromatic heterocycles. The highest BCUT2D eigenvalue weighted by Gasteiger charge is 2.47. The van der Waals surface area contributed by atoms with E-state index in [1.807, 2.05) is 6.07 Å². The molecule has 1 fully saturated rings. The fraction of sp³-hybridized carbons (Fsp3) is 0.529. The summed E-state index contributed by atoms with van der Waals surface area (Å²) in [6, 6.07) is 8.97. The molecule has 0 N–H and O–H groups in total. The summed E-state index contributed by atoms with van der Waals surface area (Å²) in [5.74, 6) is -3.96. The van der Waals surface area contributed by atoms with Crippen LogP contribution in [0.1, 0.15) is 18.9 Å². The maximum Gasteiger partial charge on any atom is 0.410 e. The topological polar surface area (TPSA) is 65.1 Å². The number of carbonyl (C=O) groups is 2. The molecule has 1 heterocycles. The zero-order chi connectivity index (χ0) is 18.3. The SMILES string of the molecule is CCOC(=O)COC1CCN(C(=O)OCc2ccccc2)CC1(F)F. The van der Waals surface area contributed by atoms with Crippen molar-refractivity contribution in [3.8, 4) is 0 Å². The fourth-order valence-corrected chi connectivity index (χ4v) is 2.46. The number of nitrogens with zero attached hydrogens (tertiary/aromatic N) is 1.